The second-order valence-electron chi connectivity index (χ2n) is 7.43. The van der Waals surface area contributed by atoms with E-state index in [0.717, 1.165) is 34.3 Å². The molecular weight excluding hydrogens is 382 g/mol. The maximum Gasteiger partial charge on any atom is 0.257 e. The van der Waals surface area contributed by atoms with E-state index in [1.807, 2.05) is 67.4 Å². The molecule has 7 heteroatoms. The van der Waals surface area contributed by atoms with Gasteiger partial charge >= 0.3 is 0 Å². The number of methoxy groups -OCH3 is 1. The van der Waals surface area contributed by atoms with Crippen molar-refractivity contribution in [1.29, 1.82) is 0 Å². The number of furan rings is 2. The highest BCUT2D eigenvalue weighted by atomic mass is 16.5. The zero-order chi connectivity index (χ0) is 21.1. The topological polar surface area (TPSA) is 71.4 Å². The van der Waals surface area contributed by atoms with Crippen molar-refractivity contribution in [3.63, 3.8) is 0 Å². The van der Waals surface area contributed by atoms with E-state index in [9.17, 15) is 4.79 Å². The fraction of sp³-hybridized carbons (Fsp3) is 0.304. The molecule has 0 fully saturated rings. The van der Waals surface area contributed by atoms with Crippen molar-refractivity contribution in [2.75, 3.05) is 20.7 Å². The third-order valence-corrected chi connectivity index (χ3v) is 5.09. The first-order valence-electron chi connectivity index (χ1n) is 9.84. The number of aryl methyl sites for hydroxylation is 1. The number of carbonyl (C=O) groups is 1. The van der Waals surface area contributed by atoms with E-state index in [1.54, 1.807) is 18.4 Å². The minimum atomic E-state index is -0.260. The largest absolute Gasteiger partial charge is 0.497 e. The van der Waals surface area contributed by atoms with E-state index >= 15 is 0 Å². The van der Waals surface area contributed by atoms with E-state index in [4.69, 9.17) is 13.6 Å². The molecule has 0 saturated carbocycles. The molecule has 1 amide bonds. The normalized spacial score (nSPS) is 16.2. The van der Waals surface area contributed by atoms with Crippen LogP contribution in [0, 0.1) is 6.92 Å². The van der Waals surface area contributed by atoms with Crippen molar-refractivity contribution < 1.29 is 18.4 Å². The lowest BCUT2D eigenvalue weighted by Crippen LogP contribution is -2.36. The van der Waals surface area contributed by atoms with Crippen molar-refractivity contribution in [1.82, 2.24) is 9.91 Å². The van der Waals surface area contributed by atoms with Crippen LogP contribution in [-0.2, 0) is 11.3 Å². The second kappa shape index (κ2) is 8.59. The molecular formula is C23H25N3O4. The Morgan fingerprint density at radius 2 is 2.03 bits per heavy atom. The molecule has 30 heavy (non-hydrogen) atoms. The lowest BCUT2D eigenvalue weighted by atomic mass is 10.0. The fourth-order valence-electron chi connectivity index (χ4n) is 3.60. The zero-order valence-corrected chi connectivity index (χ0v) is 17.4. The number of likely N-dealkylation sites (N-methyl/N-ethyl adjacent to an activating group) is 1. The molecule has 7 nitrogen and oxygen atoms in total. The molecule has 1 aromatic carbocycles. The van der Waals surface area contributed by atoms with Gasteiger partial charge in [0.1, 0.15) is 29.1 Å². The fourth-order valence-corrected chi connectivity index (χ4v) is 3.60. The number of amides is 1. The molecule has 1 aliphatic heterocycles. The summed E-state index contributed by atoms with van der Waals surface area (Å²) in [6.45, 7) is 2.67. The van der Waals surface area contributed by atoms with Crippen molar-refractivity contribution in [3.8, 4) is 5.75 Å². The maximum atomic E-state index is 13.1. The van der Waals surface area contributed by atoms with Crippen LogP contribution >= 0.6 is 0 Å². The monoisotopic (exact) mass is 407 g/mol. The van der Waals surface area contributed by atoms with Gasteiger partial charge in [-0.3, -0.25) is 9.69 Å². The summed E-state index contributed by atoms with van der Waals surface area (Å²) in [6, 6.07) is 15.0. The van der Waals surface area contributed by atoms with Gasteiger partial charge in [-0.05, 0) is 68.1 Å². The van der Waals surface area contributed by atoms with Crippen LogP contribution in [0.25, 0.3) is 0 Å². The Morgan fingerprint density at radius 1 is 1.23 bits per heavy atom. The number of carbonyl (C=O) groups excluding carboxylic acids is 1. The summed E-state index contributed by atoms with van der Waals surface area (Å²) in [7, 11) is 3.53. The van der Waals surface area contributed by atoms with E-state index in [0.29, 0.717) is 13.0 Å². The van der Waals surface area contributed by atoms with E-state index in [1.165, 1.54) is 0 Å². The highest BCUT2D eigenvalue weighted by Crippen LogP contribution is 2.33. The van der Waals surface area contributed by atoms with Gasteiger partial charge < -0.3 is 13.6 Å². The van der Waals surface area contributed by atoms with Crippen molar-refractivity contribution in [3.05, 3.63) is 77.6 Å². The molecule has 1 aliphatic rings. The van der Waals surface area contributed by atoms with E-state index in [-0.39, 0.29) is 18.5 Å². The number of benzene rings is 1. The summed E-state index contributed by atoms with van der Waals surface area (Å²) in [5, 5.41) is 6.21. The van der Waals surface area contributed by atoms with Crippen LogP contribution in [-0.4, -0.2) is 42.2 Å². The first kappa shape index (κ1) is 20.0. The van der Waals surface area contributed by atoms with Gasteiger partial charge in [0.25, 0.3) is 5.91 Å². The first-order valence-corrected chi connectivity index (χ1v) is 9.84. The lowest BCUT2D eigenvalue weighted by molar-refractivity contribution is -0.134. The molecule has 156 valence electrons. The average Bonchev–Trinajstić information content (AvgIpc) is 3.48. The number of nitrogens with zero attached hydrogens (tertiary/aromatic N) is 3. The smallest absolute Gasteiger partial charge is 0.257 e. The van der Waals surface area contributed by atoms with Gasteiger partial charge in [-0.25, -0.2) is 5.01 Å². The minimum Gasteiger partial charge on any atom is -0.497 e. The Hall–Kier alpha value is -3.32. The number of ether oxygens (including phenoxy) is 1. The highest BCUT2D eigenvalue weighted by molar-refractivity contribution is 6.03. The van der Waals surface area contributed by atoms with Gasteiger partial charge in [0.05, 0.1) is 32.2 Å². The highest BCUT2D eigenvalue weighted by Gasteiger charge is 2.35. The molecule has 0 bridgehead atoms. The van der Waals surface area contributed by atoms with Gasteiger partial charge in [0, 0.05) is 6.42 Å². The van der Waals surface area contributed by atoms with Crippen LogP contribution in [0.4, 0.5) is 0 Å². The molecule has 0 aliphatic carbocycles. The van der Waals surface area contributed by atoms with Gasteiger partial charge in [-0.15, -0.1) is 0 Å². The molecule has 0 unspecified atom stereocenters. The zero-order valence-electron chi connectivity index (χ0n) is 17.4. The number of hydrogen-bond acceptors (Lipinski definition) is 6. The first-order chi connectivity index (χ1) is 14.5. The van der Waals surface area contributed by atoms with Crippen LogP contribution in [0.3, 0.4) is 0 Å². The maximum absolute atomic E-state index is 13.1. The summed E-state index contributed by atoms with van der Waals surface area (Å²) in [5.41, 5.74) is 1.80. The lowest BCUT2D eigenvalue weighted by Gasteiger charge is -2.22. The minimum absolute atomic E-state index is 0.0920. The molecule has 2 aromatic heterocycles. The molecule has 0 spiro atoms. The average molecular weight is 407 g/mol. The van der Waals surface area contributed by atoms with Crippen molar-refractivity contribution in [2.45, 2.75) is 25.9 Å². The summed E-state index contributed by atoms with van der Waals surface area (Å²) >= 11 is 0. The SMILES string of the molecule is COc1ccc(C2=NN(C(=O)CN(C)Cc3ccc(C)o3)[C@H](c3ccco3)C2)cc1. The molecule has 3 aromatic rings. The Labute approximate surface area is 175 Å². The number of hydrogen-bond donors (Lipinski definition) is 0. The number of hydrazone groups is 1. The third kappa shape index (κ3) is 4.31. The van der Waals surface area contributed by atoms with Gasteiger partial charge in [0.2, 0.25) is 0 Å². The second-order valence-corrected chi connectivity index (χ2v) is 7.43. The predicted octanol–water partition coefficient (Wildman–Crippen LogP) is 4.00. The molecule has 0 saturated heterocycles. The summed E-state index contributed by atoms with van der Waals surface area (Å²) < 4.78 is 16.5. The van der Waals surface area contributed by atoms with E-state index in [2.05, 4.69) is 5.10 Å². The summed E-state index contributed by atoms with van der Waals surface area (Å²) in [6.07, 6.45) is 2.21. The Kier molecular flexibility index (Phi) is 5.72. The van der Waals surface area contributed by atoms with Crippen LogP contribution in [0.2, 0.25) is 0 Å². The standard InChI is InChI=1S/C23H25N3O4/c1-16-6-9-19(30-16)14-25(2)15-23(27)26-21(22-5-4-12-29-22)13-20(24-26)17-7-10-18(28-3)11-8-17/h4-12,21H,13-15H2,1-3H3/t21-/m0/s1. The van der Waals surface area contributed by atoms with Gasteiger partial charge in [-0.1, -0.05) is 0 Å². The Morgan fingerprint density at radius 3 is 2.67 bits per heavy atom. The Bertz CT molecular complexity index is 1020. The van der Waals surface area contributed by atoms with Gasteiger partial charge in [-0.2, -0.15) is 5.10 Å². The quantitative estimate of drug-likeness (QED) is 0.592. The van der Waals surface area contributed by atoms with Crippen LogP contribution in [0.5, 0.6) is 5.75 Å². The molecule has 3 heterocycles. The number of rotatable bonds is 7. The Balaban J connectivity index is 1.52. The molecule has 1 atom stereocenters. The van der Waals surface area contributed by atoms with Crippen molar-refractivity contribution in [2.24, 2.45) is 5.10 Å². The van der Waals surface area contributed by atoms with Crippen LogP contribution in [0.1, 0.15) is 35.3 Å². The molecule has 0 N–H and O–H groups in total. The molecule has 4 rings (SSSR count). The van der Waals surface area contributed by atoms with Gasteiger partial charge in [0.15, 0.2) is 0 Å². The predicted molar refractivity (Wildman–Crippen MR) is 112 cm³/mol. The summed E-state index contributed by atoms with van der Waals surface area (Å²) in [5.74, 6) is 3.10. The van der Waals surface area contributed by atoms with Crippen molar-refractivity contribution >= 4 is 11.6 Å². The van der Waals surface area contributed by atoms with Crippen LogP contribution < -0.4 is 4.74 Å². The third-order valence-electron chi connectivity index (χ3n) is 5.09. The van der Waals surface area contributed by atoms with E-state index < -0.39 is 0 Å². The van der Waals surface area contributed by atoms with Crippen LogP contribution in [0.15, 0.2) is 68.7 Å². The molecule has 0 radical (unpaired) electrons. The summed E-state index contributed by atoms with van der Waals surface area (Å²) in [4.78, 5) is 15.0.